The zero-order chi connectivity index (χ0) is 28.9. The fourth-order valence-corrected chi connectivity index (χ4v) is 4.91. The monoisotopic (exact) mass is 581 g/mol. The van der Waals surface area contributed by atoms with Crippen molar-refractivity contribution in [2.45, 2.75) is 46.3 Å². The Hall–Kier alpha value is -3.95. The van der Waals surface area contributed by atoms with E-state index in [0.29, 0.717) is 28.1 Å². The molecule has 0 bridgehead atoms. The van der Waals surface area contributed by atoms with Crippen LogP contribution in [0.1, 0.15) is 61.4 Å². The van der Waals surface area contributed by atoms with Crippen molar-refractivity contribution in [2.24, 2.45) is 0 Å². The van der Waals surface area contributed by atoms with Gasteiger partial charge in [-0.25, -0.2) is 19.2 Å². The number of imidazole rings is 2. The van der Waals surface area contributed by atoms with Gasteiger partial charge in [0.2, 0.25) is 5.95 Å². The Kier molecular flexibility index (Phi) is 7.06. The lowest BCUT2D eigenvalue weighted by molar-refractivity contribution is 0.00695. The van der Waals surface area contributed by atoms with E-state index < -0.39 is 23.3 Å². The highest BCUT2D eigenvalue weighted by Gasteiger charge is 2.22. The SMILES string of the molecule is CC(C)n1c(NC(=O)c2cc(Cl)c3[nH]c(-c4c(F)cccc4Cl)nc3c2)nc2cc(C(=O)OC(C)(C)C)ccc21. The fraction of sp³-hybridized carbons (Fsp3) is 0.241. The molecule has 0 saturated carbocycles. The van der Waals surface area contributed by atoms with E-state index >= 15 is 0 Å². The highest BCUT2D eigenvalue weighted by molar-refractivity contribution is 6.36. The predicted molar refractivity (Wildman–Crippen MR) is 155 cm³/mol. The highest BCUT2D eigenvalue weighted by atomic mass is 35.5. The number of carbonyl (C=O) groups is 2. The van der Waals surface area contributed by atoms with Crippen LogP contribution in [0.15, 0.2) is 48.5 Å². The van der Waals surface area contributed by atoms with Crippen LogP contribution in [-0.2, 0) is 4.74 Å². The summed E-state index contributed by atoms with van der Waals surface area (Å²) in [5, 5.41) is 3.27. The van der Waals surface area contributed by atoms with E-state index in [2.05, 4.69) is 20.3 Å². The number of H-pyrrole nitrogens is 1. The van der Waals surface area contributed by atoms with E-state index in [-0.39, 0.29) is 33.0 Å². The molecule has 0 atom stereocenters. The highest BCUT2D eigenvalue weighted by Crippen LogP contribution is 2.33. The van der Waals surface area contributed by atoms with Crippen LogP contribution in [0.4, 0.5) is 10.3 Å². The van der Waals surface area contributed by atoms with Crippen LogP contribution in [0.3, 0.4) is 0 Å². The molecule has 0 aliphatic carbocycles. The second-order valence-electron chi connectivity index (χ2n) is 10.6. The Morgan fingerprint density at radius 1 is 1.00 bits per heavy atom. The van der Waals surface area contributed by atoms with E-state index in [1.54, 1.807) is 51.1 Å². The molecule has 5 aromatic rings. The van der Waals surface area contributed by atoms with Gasteiger partial charge < -0.3 is 14.3 Å². The number of ether oxygens (including phenoxy) is 1. The molecule has 3 aromatic carbocycles. The molecule has 11 heteroatoms. The minimum atomic E-state index is -0.637. The van der Waals surface area contributed by atoms with Crippen molar-refractivity contribution in [1.29, 1.82) is 0 Å². The maximum atomic E-state index is 14.5. The van der Waals surface area contributed by atoms with Gasteiger partial charge in [-0.1, -0.05) is 29.3 Å². The molecular formula is C29H26Cl2FN5O3. The number of halogens is 3. The Bertz CT molecular complexity index is 1780. The van der Waals surface area contributed by atoms with Crippen LogP contribution in [-0.4, -0.2) is 37.0 Å². The number of nitrogens with one attached hydrogen (secondary N) is 2. The maximum Gasteiger partial charge on any atom is 0.338 e. The smallest absolute Gasteiger partial charge is 0.338 e. The third-order valence-electron chi connectivity index (χ3n) is 6.07. The molecule has 1 amide bonds. The summed E-state index contributed by atoms with van der Waals surface area (Å²) in [7, 11) is 0. The summed E-state index contributed by atoms with van der Waals surface area (Å²) in [6, 6.07) is 12.4. The lowest BCUT2D eigenvalue weighted by Gasteiger charge is -2.19. The predicted octanol–water partition coefficient (Wildman–Crippen LogP) is 7.81. The Morgan fingerprint density at radius 3 is 2.40 bits per heavy atom. The average molecular weight is 582 g/mol. The van der Waals surface area contributed by atoms with Gasteiger partial charge in [0.15, 0.2) is 0 Å². The number of anilines is 1. The van der Waals surface area contributed by atoms with E-state index in [0.717, 1.165) is 5.52 Å². The second-order valence-corrected chi connectivity index (χ2v) is 11.4. The number of hydrogen-bond donors (Lipinski definition) is 2. The van der Waals surface area contributed by atoms with E-state index in [4.69, 9.17) is 27.9 Å². The lowest BCUT2D eigenvalue weighted by atomic mass is 10.1. The molecule has 0 spiro atoms. The van der Waals surface area contributed by atoms with E-state index in [1.165, 1.54) is 18.2 Å². The van der Waals surface area contributed by atoms with Crippen molar-refractivity contribution in [3.05, 3.63) is 75.5 Å². The van der Waals surface area contributed by atoms with Crippen LogP contribution in [0.25, 0.3) is 33.5 Å². The Balaban J connectivity index is 1.49. The molecule has 0 unspecified atom stereocenters. The summed E-state index contributed by atoms with van der Waals surface area (Å²) < 4.78 is 21.8. The molecule has 0 saturated heterocycles. The first-order chi connectivity index (χ1) is 18.8. The molecule has 0 aliphatic heterocycles. The molecule has 2 heterocycles. The number of aromatic amines is 1. The first kappa shape index (κ1) is 27.6. The van der Waals surface area contributed by atoms with Gasteiger partial charge in [-0.15, -0.1) is 0 Å². The van der Waals surface area contributed by atoms with Crippen molar-refractivity contribution >= 4 is 63.1 Å². The number of esters is 1. The number of carbonyl (C=O) groups excluding carboxylic acids is 2. The van der Waals surface area contributed by atoms with Gasteiger partial charge in [-0.3, -0.25) is 10.1 Å². The lowest BCUT2D eigenvalue weighted by Crippen LogP contribution is -2.23. The minimum Gasteiger partial charge on any atom is -0.456 e. The topological polar surface area (TPSA) is 102 Å². The maximum absolute atomic E-state index is 14.5. The first-order valence-corrected chi connectivity index (χ1v) is 13.3. The zero-order valence-corrected chi connectivity index (χ0v) is 23.9. The Labute approximate surface area is 239 Å². The third-order valence-corrected chi connectivity index (χ3v) is 6.69. The van der Waals surface area contributed by atoms with Gasteiger partial charge in [0.1, 0.15) is 17.2 Å². The van der Waals surface area contributed by atoms with Crippen LogP contribution in [0.5, 0.6) is 0 Å². The molecule has 40 heavy (non-hydrogen) atoms. The van der Waals surface area contributed by atoms with Gasteiger partial charge >= 0.3 is 5.97 Å². The first-order valence-electron chi connectivity index (χ1n) is 12.5. The average Bonchev–Trinajstić information content (AvgIpc) is 3.43. The fourth-order valence-electron chi connectivity index (χ4n) is 4.39. The standard InChI is InChI=1S/C29H26Cl2FN5O3/c1-14(2)37-22-10-9-15(27(39)40-29(3,4)5)12-20(22)34-28(37)36-26(38)16-11-18(31)24-21(13-16)33-25(35-24)23-17(30)7-6-8-19(23)32/h6-14H,1-5H3,(H,33,35)(H,34,36,38). The number of hydrogen-bond acceptors (Lipinski definition) is 5. The summed E-state index contributed by atoms with van der Waals surface area (Å²) in [5.41, 5.74) is 2.13. The number of rotatable bonds is 5. The van der Waals surface area contributed by atoms with Gasteiger partial charge in [-0.2, -0.15) is 0 Å². The van der Waals surface area contributed by atoms with Crippen LogP contribution in [0.2, 0.25) is 10.0 Å². The van der Waals surface area contributed by atoms with Crippen LogP contribution < -0.4 is 5.32 Å². The molecule has 0 fully saturated rings. The second kappa shape index (κ2) is 10.2. The molecule has 206 valence electrons. The normalized spacial score (nSPS) is 11.9. The quantitative estimate of drug-likeness (QED) is 0.206. The summed E-state index contributed by atoms with van der Waals surface area (Å²) >= 11 is 12.7. The van der Waals surface area contributed by atoms with Crippen LogP contribution >= 0.6 is 23.2 Å². The van der Waals surface area contributed by atoms with Crippen molar-refractivity contribution < 1.29 is 18.7 Å². The zero-order valence-electron chi connectivity index (χ0n) is 22.4. The van der Waals surface area contributed by atoms with Crippen molar-refractivity contribution in [3.8, 4) is 11.4 Å². The third kappa shape index (κ3) is 5.26. The summed E-state index contributed by atoms with van der Waals surface area (Å²) in [4.78, 5) is 38.0. The van der Waals surface area contributed by atoms with Gasteiger partial charge in [0.25, 0.3) is 5.91 Å². The molecule has 5 rings (SSSR count). The van der Waals surface area contributed by atoms with Crippen molar-refractivity contribution in [2.75, 3.05) is 5.32 Å². The Morgan fingerprint density at radius 2 is 1.73 bits per heavy atom. The molecule has 0 aliphatic rings. The minimum absolute atomic E-state index is 0.0573. The largest absolute Gasteiger partial charge is 0.456 e. The van der Waals surface area contributed by atoms with Crippen LogP contribution in [0, 0.1) is 5.82 Å². The molecule has 0 radical (unpaired) electrons. The number of fused-ring (bicyclic) bond motifs is 2. The molecule has 2 aromatic heterocycles. The van der Waals surface area contributed by atoms with E-state index in [1.807, 2.05) is 18.4 Å². The van der Waals surface area contributed by atoms with Gasteiger partial charge in [-0.05, 0) is 77.1 Å². The van der Waals surface area contributed by atoms with Crippen molar-refractivity contribution in [1.82, 2.24) is 19.5 Å². The summed E-state index contributed by atoms with van der Waals surface area (Å²) in [6.45, 7) is 9.31. The summed E-state index contributed by atoms with van der Waals surface area (Å²) in [6.07, 6.45) is 0. The number of aromatic nitrogens is 4. The number of benzene rings is 3. The number of amides is 1. The molecule has 8 nitrogen and oxygen atoms in total. The van der Waals surface area contributed by atoms with Crippen molar-refractivity contribution in [3.63, 3.8) is 0 Å². The van der Waals surface area contributed by atoms with E-state index in [9.17, 15) is 14.0 Å². The molecule has 2 N–H and O–H groups in total. The van der Waals surface area contributed by atoms with Gasteiger partial charge in [0, 0.05) is 11.6 Å². The number of nitrogens with zero attached hydrogens (tertiary/aromatic N) is 3. The molecular weight excluding hydrogens is 556 g/mol. The summed E-state index contributed by atoms with van der Waals surface area (Å²) in [5.74, 6) is -0.977. The van der Waals surface area contributed by atoms with Gasteiger partial charge in [0.05, 0.1) is 43.2 Å².